The summed E-state index contributed by atoms with van der Waals surface area (Å²) in [6.45, 7) is 0. The van der Waals surface area contributed by atoms with Crippen molar-refractivity contribution in [3.8, 4) is 0 Å². The first-order valence-electron chi connectivity index (χ1n) is 5.71. The molecule has 0 spiro atoms. The van der Waals surface area contributed by atoms with Gasteiger partial charge in [-0.3, -0.25) is 4.98 Å². The lowest BCUT2D eigenvalue weighted by atomic mass is 9.90. The van der Waals surface area contributed by atoms with Crippen LogP contribution in [0.3, 0.4) is 0 Å². The number of rotatable bonds is 3. The third-order valence-electron chi connectivity index (χ3n) is 3.44. The maximum atomic E-state index is 10.2. The number of anilines is 1. The zero-order valence-corrected chi connectivity index (χ0v) is 9.26. The van der Waals surface area contributed by atoms with Crippen molar-refractivity contribution in [2.45, 2.75) is 43.8 Å². The largest absolute Gasteiger partial charge is 0.398 e. The number of nitrogen functional groups attached to an aromatic ring is 1. The van der Waals surface area contributed by atoms with Gasteiger partial charge in [0, 0.05) is 24.5 Å². The minimum atomic E-state index is -0.928. The zero-order chi connectivity index (χ0) is 11.6. The first-order chi connectivity index (χ1) is 7.62. The van der Waals surface area contributed by atoms with Crippen molar-refractivity contribution in [3.63, 3.8) is 0 Å². The van der Waals surface area contributed by atoms with Crippen LogP contribution in [-0.2, 0) is 6.42 Å². The molecule has 1 aromatic heterocycles. The summed E-state index contributed by atoms with van der Waals surface area (Å²) in [7, 11) is 0. The monoisotopic (exact) mass is 222 g/mol. The van der Waals surface area contributed by atoms with Crippen LogP contribution in [0.1, 0.15) is 31.2 Å². The summed E-state index contributed by atoms with van der Waals surface area (Å²) in [5.41, 5.74) is 6.27. The lowest BCUT2D eigenvalue weighted by Crippen LogP contribution is -2.41. The molecule has 1 atom stereocenters. The van der Waals surface area contributed by atoms with Crippen LogP contribution >= 0.6 is 0 Å². The molecule has 0 radical (unpaired) electrons. The SMILES string of the molecule is Nc1ccncc1CC(O)C1(O)CCCC1. The summed E-state index contributed by atoms with van der Waals surface area (Å²) >= 11 is 0. The van der Waals surface area contributed by atoms with Crippen LogP contribution in [0.5, 0.6) is 0 Å². The number of nitrogens with two attached hydrogens (primary N) is 1. The molecule has 88 valence electrons. The van der Waals surface area contributed by atoms with Gasteiger partial charge in [-0.1, -0.05) is 12.8 Å². The van der Waals surface area contributed by atoms with Crippen LogP contribution < -0.4 is 5.73 Å². The van der Waals surface area contributed by atoms with Gasteiger partial charge in [0.25, 0.3) is 0 Å². The summed E-state index contributed by atoms with van der Waals surface area (Å²) in [6.07, 6.45) is 6.21. The predicted molar refractivity (Wildman–Crippen MR) is 61.8 cm³/mol. The number of hydrogen-bond donors (Lipinski definition) is 3. The van der Waals surface area contributed by atoms with Gasteiger partial charge >= 0.3 is 0 Å². The second-order valence-electron chi connectivity index (χ2n) is 4.61. The molecule has 1 aliphatic carbocycles. The van der Waals surface area contributed by atoms with E-state index in [9.17, 15) is 10.2 Å². The van der Waals surface area contributed by atoms with Gasteiger partial charge in [-0.2, -0.15) is 0 Å². The minimum absolute atomic E-state index is 0.371. The number of aliphatic hydroxyl groups excluding tert-OH is 1. The fourth-order valence-electron chi connectivity index (χ4n) is 2.33. The fourth-order valence-corrected chi connectivity index (χ4v) is 2.33. The van der Waals surface area contributed by atoms with Crippen LogP contribution in [0.25, 0.3) is 0 Å². The minimum Gasteiger partial charge on any atom is -0.398 e. The van der Waals surface area contributed by atoms with E-state index in [0.717, 1.165) is 18.4 Å². The molecule has 1 saturated carbocycles. The summed E-state index contributed by atoms with van der Waals surface area (Å²) in [4.78, 5) is 3.98. The quantitative estimate of drug-likeness (QED) is 0.709. The van der Waals surface area contributed by atoms with Crippen LogP contribution in [0.15, 0.2) is 18.5 Å². The number of aromatic nitrogens is 1. The zero-order valence-electron chi connectivity index (χ0n) is 9.26. The van der Waals surface area contributed by atoms with Crippen LogP contribution in [0.2, 0.25) is 0 Å². The lowest BCUT2D eigenvalue weighted by Gasteiger charge is -2.28. The predicted octanol–water partition coefficient (Wildman–Crippen LogP) is 0.872. The molecule has 1 aromatic rings. The third-order valence-corrected chi connectivity index (χ3v) is 3.44. The Kier molecular flexibility index (Phi) is 3.12. The molecule has 0 aromatic carbocycles. The van der Waals surface area contributed by atoms with Gasteiger partial charge in [0.15, 0.2) is 0 Å². The van der Waals surface area contributed by atoms with Gasteiger partial charge in [0.05, 0.1) is 11.7 Å². The summed E-state index contributed by atoms with van der Waals surface area (Å²) in [6, 6.07) is 1.71. The Bertz CT molecular complexity index is 362. The van der Waals surface area contributed by atoms with Gasteiger partial charge in [-0.15, -0.1) is 0 Å². The highest BCUT2D eigenvalue weighted by molar-refractivity contribution is 5.44. The maximum Gasteiger partial charge on any atom is 0.0908 e. The third kappa shape index (κ3) is 2.18. The summed E-state index contributed by atoms with van der Waals surface area (Å²) in [5, 5.41) is 20.3. The normalized spacial score (nSPS) is 20.9. The van der Waals surface area contributed by atoms with Crippen molar-refractivity contribution >= 4 is 5.69 Å². The molecule has 1 heterocycles. The van der Waals surface area contributed by atoms with Gasteiger partial charge in [-0.05, 0) is 24.5 Å². The molecular formula is C12H18N2O2. The first kappa shape index (κ1) is 11.4. The van der Waals surface area contributed by atoms with E-state index < -0.39 is 11.7 Å². The highest BCUT2D eigenvalue weighted by Crippen LogP contribution is 2.34. The topological polar surface area (TPSA) is 79.4 Å². The van der Waals surface area contributed by atoms with Gasteiger partial charge in [0.1, 0.15) is 0 Å². The van der Waals surface area contributed by atoms with Crippen molar-refractivity contribution in [3.05, 3.63) is 24.0 Å². The highest BCUT2D eigenvalue weighted by atomic mass is 16.3. The van der Waals surface area contributed by atoms with Crippen molar-refractivity contribution in [2.75, 3.05) is 5.73 Å². The molecule has 2 rings (SSSR count). The van der Waals surface area contributed by atoms with Crippen LogP contribution in [0, 0.1) is 0 Å². The summed E-state index contributed by atoms with van der Waals surface area (Å²) < 4.78 is 0. The number of pyridine rings is 1. The maximum absolute atomic E-state index is 10.2. The Hall–Kier alpha value is -1.13. The Labute approximate surface area is 95.1 Å². The van der Waals surface area contributed by atoms with Gasteiger partial charge in [-0.25, -0.2) is 0 Å². The molecule has 1 unspecified atom stereocenters. The standard InChI is InChI=1S/C12H18N2O2/c13-10-3-6-14-8-9(10)7-11(15)12(16)4-1-2-5-12/h3,6,8,11,15-16H,1-2,4-5,7H2,(H2,13,14). The van der Waals surface area contributed by atoms with Gasteiger partial charge < -0.3 is 15.9 Å². The molecule has 1 aliphatic rings. The molecular weight excluding hydrogens is 204 g/mol. The molecule has 0 bridgehead atoms. The molecule has 0 saturated heterocycles. The van der Waals surface area contributed by atoms with E-state index in [1.807, 2.05) is 0 Å². The van der Waals surface area contributed by atoms with Crippen molar-refractivity contribution in [2.24, 2.45) is 0 Å². The van der Waals surface area contributed by atoms with Crippen LogP contribution in [-0.4, -0.2) is 26.9 Å². The van der Waals surface area contributed by atoms with E-state index in [1.165, 1.54) is 0 Å². The molecule has 0 aliphatic heterocycles. The van der Waals surface area contributed by atoms with E-state index in [1.54, 1.807) is 18.5 Å². The van der Waals surface area contributed by atoms with Crippen LogP contribution in [0.4, 0.5) is 5.69 Å². The average molecular weight is 222 g/mol. The van der Waals surface area contributed by atoms with E-state index in [4.69, 9.17) is 5.73 Å². The Morgan fingerprint density at radius 3 is 2.75 bits per heavy atom. The second-order valence-corrected chi connectivity index (χ2v) is 4.61. The molecule has 16 heavy (non-hydrogen) atoms. The van der Waals surface area contributed by atoms with Crippen molar-refractivity contribution < 1.29 is 10.2 Å². The Morgan fingerprint density at radius 2 is 2.12 bits per heavy atom. The molecule has 4 N–H and O–H groups in total. The van der Waals surface area contributed by atoms with E-state index >= 15 is 0 Å². The Balaban J connectivity index is 2.07. The Morgan fingerprint density at radius 1 is 1.44 bits per heavy atom. The van der Waals surface area contributed by atoms with Crippen molar-refractivity contribution in [1.29, 1.82) is 0 Å². The highest BCUT2D eigenvalue weighted by Gasteiger charge is 2.38. The smallest absolute Gasteiger partial charge is 0.0908 e. The lowest BCUT2D eigenvalue weighted by molar-refractivity contribution is -0.0688. The fraction of sp³-hybridized carbons (Fsp3) is 0.583. The number of nitrogens with zero attached hydrogens (tertiary/aromatic N) is 1. The van der Waals surface area contributed by atoms with Crippen molar-refractivity contribution in [1.82, 2.24) is 4.98 Å². The average Bonchev–Trinajstić information content (AvgIpc) is 2.70. The summed E-state index contributed by atoms with van der Waals surface area (Å²) in [5.74, 6) is 0. The molecule has 4 nitrogen and oxygen atoms in total. The molecule has 4 heteroatoms. The molecule has 1 fully saturated rings. The van der Waals surface area contributed by atoms with E-state index in [2.05, 4.69) is 4.98 Å². The number of hydrogen-bond acceptors (Lipinski definition) is 4. The number of aliphatic hydroxyl groups is 2. The molecule has 0 amide bonds. The van der Waals surface area contributed by atoms with Gasteiger partial charge in [0.2, 0.25) is 0 Å². The second kappa shape index (κ2) is 4.39. The van der Waals surface area contributed by atoms with E-state index in [0.29, 0.717) is 24.9 Å². The first-order valence-corrected chi connectivity index (χ1v) is 5.71. The van der Waals surface area contributed by atoms with E-state index in [-0.39, 0.29) is 0 Å².